The van der Waals surface area contributed by atoms with Crippen molar-refractivity contribution in [1.82, 2.24) is 4.90 Å². The summed E-state index contributed by atoms with van der Waals surface area (Å²) >= 11 is 0. The lowest BCUT2D eigenvalue weighted by atomic mass is 9.87. The number of piperidine rings is 1. The summed E-state index contributed by atoms with van der Waals surface area (Å²) in [6.07, 6.45) is 2.57. The maximum atomic E-state index is 12.8. The van der Waals surface area contributed by atoms with Gasteiger partial charge in [0.1, 0.15) is 0 Å². The van der Waals surface area contributed by atoms with E-state index in [2.05, 4.69) is 43.2 Å². The van der Waals surface area contributed by atoms with Crippen molar-refractivity contribution in [2.45, 2.75) is 52.5 Å². The molecule has 3 aromatic rings. The molecule has 5 nitrogen and oxygen atoms in total. The number of anilines is 2. The zero-order valence-electron chi connectivity index (χ0n) is 21.8. The minimum absolute atomic E-state index is 0.0356. The predicted molar refractivity (Wildman–Crippen MR) is 148 cm³/mol. The molecule has 0 aromatic heterocycles. The van der Waals surface area contributed by atoms with Gasteiger partial charge < -0.3 is 10.6 Å². The highest BCUT2D eigenvalue weighted by molar-refractivity contribution is 6.06. The number of hydrogen-bond acceptors (Lipinski definition) is 3. The summed E-state index contributed by atoms with van der Waals surface area (Å²) in [5.74, 6) is 0.394. The molecule has 0 spiro atoms. The first kappa shape index (κ1) is 25.6. The minimum atomic E-state index is -0.183. The topological polar surface area (TPSA) is 61.4 Å². The Bertz CT molecular complexity index is 1190. The van der Waals surface area contributed by atoms with Gasteiger partial charge in [0, 0.05) is 35.6 Å². The Kier molecular flexibility index (Phi) is 7.90. The first-order valence-corrected chi connectivity index (χ1v) is 12.8. The Labute approximate surface area is 214 Å². The van der Waals surface area contributed by atoms with E-state index in [1.807, 2.05) is 66.7 Å². The summed E-state index contributed by atoms with van der Waals surface area (Å²) in [7, 11) is 0. The van der Waals surface area contributed by atoms with Gasteiger partial charge in [-0.3, -0.25) is 14.5 Å². The van der Waals surface area contributed by atoms with E-state index in [1.54, 1.807) is 6.07 Å². The van der Waals surface area contributed by atoms with Gasteiger partial charge in [-0.05, 0) is 84.3 Å². The van der Waals surface area contributed by atoms with Crippen LogP contribution in [0.5, 0.6) is 0 Å². The summed E-state index contributed by atoms with van der Waals surface area (Å²) in [6.45, 7) is 11.9. The van der Waals surface area contributed by atoms with Gasteiger partial charge in [-0.15, -0.1) is 0 Å². The maximum absolute atomic E-state index is 12.8. The predicted octanol–water partition coefficient (Wildman–Crippen LogP) is 6.72. The van der Waals surface area contributed by atoms with E-state index in [-0.39, 0.29) is 17.2 Å². The van der Waals surface area contributed by atoms with Gasteiger partial charge in [0.05, 0.1) is 0 Å². The Morgan fingerprint density at radius 1 is 0.861 bits per heavy atom. The van der Waals surface area contributed by atoms with Gasteiger partial charge in [0.15, 0.2) is 0 Å². The fraction of sp³-hybridized carbons (Fsp3) is 0.355. The quantitative estimate of drug-likeness (QED) is 0.409. The number of rotatable bonds is 6. The van der Waals surface area contributed by atoms with Crippen molar-refractivity contribution < 1.29 is 9.59 Å². The highest BCUT2D eigenvalue weighted by Crippen LogP contribution is 2.23. The number of benzene rings is 3. The zero-order chi connectivity index (χ0) is 25.7. The summed E-state index contributed by atoms with van der Waals surface area (Å²) < 4.78 is 0. The monoisotopic (exact) mass is 483 g/mol. The second-order valence-electron chi connectivity index (χ2n) is 11.0. The molecule has 188 valence electrons. The van der Waals surface area contributed by atoms with Crippen molar-refractivity contribution in [3.63, 3.8) is 0 Å². The maximum Gasteiger partial charge on any atom is 0.255 e. The number of amides is 2. The fourth-order valence-electron chi connectivity index (χ4n) is 4.65. The molecule has 0 aliphatic carbocycles. The van der Waals surface area contributed by atoms with E-state index in [4.69, 9.17) is 0 Å². The third-order valence-electron chi connectivity index (χ3n) is 6.75. The Balaban J connectivity index is 1.35. The van der Waals surface area contributed by atoms with Crippen molar-refractivity contribution in [2.24, 2.45) is 5.92 Å². The van der Waals surface area contributed by atoms with Crippen LogP contribution in [-0.2, 0) is 12.0 Å². The van der Waals surface area contributed by atoms with Crippen LogP contribution in [0.25, 0.3) is 0 Å². The third kappa shape index (κ3) is 6.82. The number of nitrogens with one attached hydrogen (secondary N) is 2. The van der Waals surface area contributed by atoms with Gasteiger partial charge in [-0.2, -0.15) is 0 Å². The second kappa shape index (κ2) is 11.1. The third-order valence-corrected chi connectivity index (χ3v) is 6.75. The average molecular weight is 484 g/mol. The first-order chi connectivity index (χ1) is 17.2. The Morgan fingerprint density at radius 3 is 1.94 bits per heavy atom. The van der Waals surface area contributed by atoms with Crippen molar-refractivity contribution in [1.29, 1.82) is 0 Å². The molecule has 0 bridgehead atoms. The summed E-state index contributed by atoms with van der Waals surface area (Å²) in [5.41, 5.74) is 4.90. The molecule has 1 atom stereocenters. The number of carbonyl (C=O) groups excluding carboxylic acids is 2. The molecule has 2 amide bonds. The standard InChI is InChI=1S/C31H37N3O2/c1-22-7-6-18-34(20-22)21-23-10-12-24(13-11-23)29(35)32-27-8-5-9-28(19-27)33-30(36)25-14-16-26(17-15-25)31(2,3)4/h5,8-17,19,22H,6-7,18,20-21H2,1-4H3,(H,32,35)(H,33,36). The lowest BCUT2D eigenvalue weighted by Gasteiger charge is -2.30. The highest BCUT2D eigenvalue weighted by atomic mass is 16.2. The van der Waals surface area contributed by atoms with Crippen LogP contribution >= 0.6 is 0 Å². The average Bonchev–Trinajstić information content (AvgIpc) is 2.84. The first-order valence-electron chi connectivity index (χ1n) is 12.8. The van der Waals surface area contributed by atoms with Crippen molar-refractivity contribution in [3.8, 4) is 0 Å². The molecule has 0 saturated carbocycles. The molecule has 1 saturated heterocycles. The molecule has 1 aliphatic heterocycles. The van der Waals surface area contributed by atoms with Crippen molar-refractivity contribution in [2.75, 3.05) is 23.7 Å². The summed E-state index contributed by atoms with van der Waals surface area (Å²) in [4.78, 5) is 28.0. The molecule has 2 N–H and O–H groups in total. The molecule has 3 aromatic carbocycles. The number of hydrogen-bond donors (Lipinski definition) is 2. The lowest BCUT2D eigenvalue weighted by molar-refractivity contribution is 0.101. The van der Waals surface area contributed by atoms with Gasteiger partial charge in [-0.25, -0.2) is 0 Å². The largest absolute Gasteiger partial charge is 0.322 e. The van der Waals surface area contributed by atoms with Crippen LogP contribution in [0.15, 0.2) is 72.8 Å². The SMILES string of the molecule is CC1CCCN(Cc2ccc(C(=O)Nc3cccc(NC(=O)c4ccc(C(C)(C)C)cc4)c3)cc2)C1. The van der Waals surface area contributed by atoms with Crippen LogP contribution in [0.3, 0.4) is 0 Å². The van der Waals surface area contributed by atoms with Crippen molar-refractivity contribution in [3.05, 3.63) is 95.1 Å². The van der Waals surface area contributed by atoms with E-state index in [9.17, 15) is 9.59 Å². The molecular weight excluding hydrogens is 446 g/mol. The van der Waals surface area contributed by atoms with Crippen molar-refractivity contribution >= 4 is 23.2 Å². The van der Waals surface area contributed by atoms with Crippen LogP contribution in [-0.4, -0.2) is 29.8 Å². The molecule has 1 heterocycles. The molecular formula is C31H37N3O2. The molecule has 1 unspecified atom stereocenters. The molecule has 36 heavy (non-hydrogen) atoms. The lowest BCUT2D eigenvalue weighted by Crippen LogP contribution is -2.33. The number of likely N-dealkylation sites (tertiary alicyclic amines) is 1. The number of nitrogens with zero attached hydrogens (tertiary/aromatic N) is 1. The van der Waals surface area contributed by atoms with Crippen LogP contribution in [0.4, 0.5) is 11.4 Å². The highest BCUT2D eigenvalue weighted by Gasteiger charge is 2.17. The van der Waals surface area contributed by atoms with Crippen LogP contribution in [0.1, 0.15) is 72.4 Å². The van der Waals surface area contributed by atoms with Gasteiger partial charge >= 0.3 is 0 Å². The molecule has 5 heteroatoms. The van der Waals surface area contributed by atoms with Gasteiger partial charge in [0.2, 0.25) is 0 Å². The fourth-order valence-corrected chi connectivity index (χ4v) is 4.65. The van der Waals surface area contributed by atoms with E-state index in [1.165, 1.54) is 24.0 Å². The van der Waals surface area contributed by atoms with Crippen LogP contribution in [0.2, 0.25) is 0 Å². The molecule has 4 rings (SSSR count). The van der Waals surface area contributed by atoms with Gasteiger partial charge in [0.25, 0.3) is 11.8 Å². The van der Waals surface area contributed by atoms with Gasteiger partial charge in [-0.1, -0.05) is 58.0 Å². The Morgan fingerprint density at radius 2 is 1.42 bits per heavy atom. The minimum Gasteiger partial charge on any atom is -0.322 e. The Hall–Kier alpha value is -3.44. The summed E-state index contributed by atoms with van der Waals surface area (Å²) in [6, 6.07) is 22.7. The van der Waals surface area contributed by atoms with E-state index in [0.29, 0.717) is 22.5 Å². The summed E-state index contributed by atoms with van der Waals surface area (Å²) in [5, 5.41) is 5.87. The van der Waals surface area contributed by atoms with Crippen LogP contribution < -0.4 is 10.6 Å². The second-order valence-corrected chi connectivity index (χ2v) is 11.0. The molecule has 1 fully saturated rings. The van der Waals surface area contributed by atoms with E-state index in [0.717, 1.165) is 25.6 Å². The van der Waals surface area contributed by atoms with Crippen LogP contribution in [0, 0.1) is 5.92 Å². The molecule has 1 aliphatic rings. The smallest absolute Gasteiger partial charge is 0.255 e. The van der Waals surface area contributed by atoms with E-state index < -0.39 is 0 Å². The normalized spacial score (nSPS) is 16.4. The van der Waals surface area contributed by atoms with E-state index >= 15 is 0 Å². The zero-order valence-corrected chi connectivity index (χ0v) is 21.8. The molecule has 0 radical (unpaired) electrons. The number of carbonyl (C=O) groups is 2.